The topological polar surface area (TPSA) is 108 Å². The highest BCUT2D eigenvalue weighted by molar-refractivity contribution is 7.92. The Balaban J connectivity index is 1.63. The van der Waals surface area contributed by atoms with E-state index in [4.69, 9.17) is 11.6 Å². The molecule has 0 aliphatic carbocycles. The summed E-state index contributed by atoms with van der Waals surface area (Å²) < 4.78 is 25.3. The summed E-state index contributed by atoms with van der Waals surface area (Å²) in [5.74, 6) is -0.836. The fraction of sp³-hybridized carbons (Fsp3) is 0.125. The number of amides is 2. The van der Waals surface area contributed by atoms with Crippen LogP contribution in [0.2, 0.25) is 5.02 Å². The van der Waals surface area contributed by atoms with E-state index in [1.807, 2.05) is 6.07 Å². The molecule has 2 amide bonds. The van der Waals surface area contributed by atoms with E-state index in [9.17, 15) is 18.0 Å². The van der Waals surface area contributed by atoms with Gasteiger partial charge in [0.25, 0.3) is 11.8 Å². The van der Waals surface area contributed by atoms with Crippen molar-refractivity contribution in [2.45, 2.75) is 6.92 Å². The number of halogens is 1. The molecular weight excluding hydrogens is 476 g/mol. The lowest BCUT2D eigenvalue weighted by Gasteiger charge is -2.21. The monoisotopic (exact) mass is 498 g/mol. The largest absolute Gasteiger partial charge is 0.322 e. The quantitative estimate of drug-likeness (QED) is 0.362. The molecule has 0 aliphatic rings. The number of hydrogen-bond acceptors (Lipinski definition) is 5. The molecule has 34 heavy (non-hydrogen) atoms. The number of carbonyl (C=O) groups excluding carboxylic acids is 2. The molecule has 0 fully saturated rings. The van der Waals surface area contributed by atoms with Crippen LogP contribution in [0.3, 0.4) is 0 Å². The van der Waals surface area contributed by atoms with E-state index in [0.717, 1.165) is 10.6 Å². The molecule has 8 nitrogen and oxygen atoms in total. The Morgan fingerprint density at radius 3 is 2.24 bits per heavy atom. The number of sulfonamides is 1. The second-order valence-electron chi connectivity index (χ2n) is 7.38. The zero-order valence-corrected chi connectivity index (χ0v) is 20.1. The Bertz CT molecular complexity index is 1310. The van der Waals surface area contributed by atoms with Gasteiger partial charge in [0.2, 0.25) is 10.0 Å². The summed E-state index contributed by atoms with van der Waals surface area (Å²) in [6, 6.07) is 22.0. The minimum Gasteiger partial charge on any atom is -0.322 e. The summed E-state index contributed by atoms with van der Waals surface area (Å²) in [5, 5.41) is 7.22. The van der Waals surface area contributed by atoms with Crippen LogP contribution >= 0.6 is 11.6 Å². The van der Waals surface area contributed by atoms with E-state index in [0.29, 0.717) is 27.5 Å². The molecule has 0 aromatic heterocycles. The first-order valence-electron chi connectivity index (χ1n) is 10.2. The molecule has 10 heteroatoms. The minimum absolute atomic E-state index is 0.221. The molecule has 0 heterocycles. The summed E-state index contributed by atoms with van der Waals surface area (Å²) in [6.45, 7) is 1.24. The number of hydrogen-bond donors (Lipinski definition) is 2. The third-order valence-electron chi connectivity index (χ3n) is 4.73. The lowest BCUT2D eigenvalue weighted by Crippen LogP contribution is -2.39. The number of anilines is 2. The van der Waals surface area contributed by atoms with Crippen LogP contribution in [0.25, 0.3) is 0 Å². The van der Waals surface area contributed by atoms with Gasteiger partial charge in [-0.2, -0.15) is 5.10 Å². The van der Waals surface area contributed by atoms with Crippen molar-refractivity contribution in [3.63, 3.8) is 0 Å². The maximum atomic E-state index is 12.4. The molecule has 0 unspecified atom stereocenters. The molecule has 3 rings (SSSR count). The highest BCUT2D eigenvalue weighted by Crippen LogP contribution is 2.21. The zero-order valence-electron chi connectivity index (χ0n) is 18.5. The maximum Gasteiger partial charge on any atom is 0.260 e. The summed E-state index contributed by atoms with van der Waals surface area (Å²) in [6.07, 6.45) is 1.01. The smallest absolute Gasteiger partial charge is 0.260 e. The number of benzene rings is 3. The van der Waals surface area contributed by atoms with Crippen LogP contribution in [0.4, 0.5) is 11.4 Å². The van der Waals surface area contributed by atoms with Gasteiger partial charge in [-0.3, -0.25) is 13.9 Å². The molecule has 0 radical (unpaired) electrons. The van der Waals surface area contributed by atoms with Gasteiger partial charge in [-0.05, 0) is 55.0 Å². The SMILES string of the molecule is CC(=NNC(=O)CN(c1cccc(Cl)c1)S(C)(=O)=O)c1ccc(NC(=O)c2ccccc2)cc1. The number of nitrogens with one attached hydrogen (secondary N) is 2. The van der Waals surface area contributed by atoms with Crippen molar-refractivity contribution < 1.29 is 18.0 Å². The average molecular weight is 499 g/mol. The van der Waals surface area contributed by atoms with Crippen molar-refractivity contribution >= 4 is 50.5 Å². The van der Waals surface area contributed by atoms with Crippen LogP contribution in [-0.2, 0) is 14.8 Å². The van der Waals surface area contributed by atoms with Crippen molar-refractivity contribution in [3.8, 4) is 0 Å². The van der Waals surface area contributed by atoms with Gasteiger partial charge in [0.15, 0.2) is 0 Å². The van der Waals surface area contributed by atoms with Gasteiger partial charge in [0.1, 0.15) is 6.54 Å². The minimum atomic E-state index is -3.72. The van der Waals surface area contributed by atoms with Crippen LogP contribution < -0.4 is 15.0 Å². The van der Waals surface area contributed by atoms with Gasteiger partial charge < -0.3 is 5.32 Å². The van der Waals surface area contributed by atoms with Crippen LogP contribution in [0.15, 0.2) is 84.0 Å². The van der Waals surface area contributed by atoms with Crippen molar-refractivity contribution in [2.24, 2.45) is 5.10 Å². The molecule has 0 atom stereocenters. The van der Waals surface area contributed by atoms with Crippen molar-refractivity contribution in [1.29, 1.82) is 0 Å². The summed E-state index contributed by atoms with van der Waals surface area (Å²) >= 11 is 5.95. The van der Waals surface area contributed by atoms with Gasteiger partial charge in [-0.1, -0.05) is 48.0 Å². The van der Waals surface area contributed by atoms with Crippen molar-refractivity contribution in [1.82, 2.24) is 5.43 Å². The molecule has 0 bridgehead atoms. The van der Waals surface area contributed by atoms with Crippen LogP contribution in [0.1, 0.15) is 22.8 Å². The van der Waals surface area contributed by atoms with E-state index in [1.54, 1.807) is 73.7 Å². The Hall–Kier alpha value is -3.69. The predicted molar refractivity (Wildman–Crippen MR) is 135 cm³/mol. The molecule has 2 N–H and O–H groups in total. The van der Waals surface area contributed by atoms with E-state index in [2.05, 4.69) is 15.8 Å². The lowest BCUT2D eigenvalue weighted by molar-refractivity contribution is -0.119. The lowest BCUT2D eigenvalue weighted by atomic mass is 10.1. The molecule has 0 saturated carbocycles. The Morgan fingerprint density at radius 1 is 0.941 bits per heavy atom. The molecular formula is C24H23ClN4O4S. The second kappa shape index (κ2) is 11.0. The maximum absolute atomic E-state index is 12.4. The van der Waals surface area contributed by atoms with Crippen molar-refractivity contribution in [2.75, 3.05) is 22.4 Å². The Labute approximate surface area is 203 Å². The molecule has 176 valence electrons. The first-order chi connectivity index (χ1) is 16.1. The fourth-order valence-electron chi connectivity index (χ4n) is 3.00. The van der Waals surface area contributed by atoms with Gasteiger partial charge in [-0.15, -0.1) is 0 Å². The number of hydrazone groups is 1. The predicted octanol–water partition coefficient (Wildman–Crippen LogP) is 3.90. The first kappa shape index (κ1) is 24.9. The number of rotatable bonds is 8. The summed E-state index contributed by atoms with van der Waals surface area (Å²) in [4.78, 5) is 24.7. The third kappa shape index (κ3) is 6.90. The molecule has 0 spiro atoms. The molecule has 3 aromatic carbocycles. The van der Waals surface area contributed by atoms with E-state index in [-0.39, 0.29) is 11.6 Å². The molecule has 3 aromatic rings. The molecule has 0 saturated heterocycles. The highest BCUT2D eigenvalue weighted by atomic mass is 35.5. The van der Waals surface area contributed by atoms with E-state index < -0.39 is 22.5 Å². The van der Waals surface area contributed by atoms with Gasteiger partial charge in [0.05, 0.1) is 17.7 Å². The Morgan fingerprint density at radius 2 is 1.62 bits per heavy atom. The molecule has 0 aliphatic heterocycles. The third-order valence-corrected chi connectivity index (χ3v) is 6.10. The normalized spacial score (nSPS) is 11.6. The van der Waals surface area contributed by atoms with E-state index in [1.165, 1.54) is 6.07 Å². The van der Waals surface area contributed by atoms with Gasteiger partial charge in [-0.25, -0.2) is 13.8 Å². The van der Waals surface area contributed by atoms with Gasteiger partial charge >= 0.3 is 0 Å². The van der Waals surface area contributed by atoms with Crippen LogP contribution in [0.5, 0.6) is 0 Å². The fourth-order valence-corrected chi connectivity index (χ4v) is 4.03. The highest BCUT2D eigenvalue weighted by Gasteiger charge is 2.21. The van der Waals surface area contributed by atoms with E-state index >= 15 is 0 Å². The Kier molecular flexibility index (Phi) is 8.04. The average Bonchev–Trinajstić information content (AvgIpc) is 2.81. The van der Waals surface area contributed by atoms with Crippen LogP contribution in [-0.4, -0.2) is 38.7 Å². The zero-order chi connectivity index (χ0) is 24.7. The summed E-state index contributed by atoms with van der Waals surface area (Å²) in [5.41, 5.74) is 5.03. The standard InChI is InChI=1S/C24H23ClN4O4S/c1-17(18-11-13-21(14-12-18)26-24(31)19-7-4-3-5-8-19)27-28-23(30)16-29(34(2,32)33)22-10-6-9-20(25)15-22/h3-15H,16H2,1-2H3,(H,26,31)(H,28,30). The number of carbonyl (C=O) groups is 2. The summed E-state index contributed by atoms with van der Waals surface area (Å²) in [7, 11) is -3.72. The first-order valence-corrected chi connectivity index (χ1v) is 12.4. The van der Waals surface area contributed by atoms with Crippen molar-refractivity contribution in [3.05, 3.63) is 95.0 Å². The number of nitrogens with zero attached hydrogens (tertiary/aromatic N) is 2. The second-order valence-corrected chi connectivity index (χ2v) is 9.72. The van der Waals surface area contributed by atoms with Crippen LogP contribution in [0, 0.1) is 0 Å². The van der Waals surface area contributed by atoms with Gasteiger partial charge in [0, 0.05) is 16.3 Å².